The van der Waals surface area contributed by atoms with Crippen LogP contribution in [0.2, 0.25) is 0 Å². The maximum Gasteiger partial charge on any atom is 0.164 e. The van der Waals surface area contributed by atoms with Gasteiger partial charge in [-0.15, -0.1) is 0 Å². The van der Waals surface area contributed by atoms with Gasteiger partial charge >= 0.3 is 0 Å². The molecule has 1 unspecified atom stereocenters. The number of benzene rings is 1. The van der Waals surface area contributed by atoms with E-state index in [0.29, 0.717) is 23.5 Å². The van der Waals surface area contributed by atoms with E-state index in [1.807, 2.05) is 12.1 Å². The second-order valence-electron chi connectivity index (χ2n) is 3.89. The van der Waals surface area contributed by atoms with Crippen LogP contribution < -0.4 is 0 Å². The van der Waals surface area contributed by atoms with Crippen molar-refractivity contribution in [1.29, 1.82) is 5.26 Å². The molecule has 0 aromatic heterocycles. The second-order valence-corrected chi connectivity index (χ2v) is 3.89. The standard InChI is InChI=1S/C12H11NO/c1-8-5-9-3-2-4-10(7-13)12(9)11(14)6-8/h2-4,8H,5-6H2,1H3. The van der Waals surface area contributed by atoms with Crippen LogP contribution in [-0.2, 0) is 6.42 Å². The summed E-state index contributed by atoms with van der Waals surface area (Å²) >= 11 is 0. The average Bonchev–Trinajstić information content (AvgIpc) is 2.16. The van der Waals surface area contributed by atoms with Gasteiger partial charge in [-0.05, 0) is 24.0 Å². The summed E-state index contributed by atoms with van der Waals surface area (Å²) in [5.41, 5.74) is 2.22. The van der Waals surface area contributed by atoms with E-state index in [2.05, 4.69) is 13.0 Å². The molecule has 14 heavy (non-hydrogen) atoms. The van der Waals surface area contributed by atoms with Gasteiger partial charge in [0.05, 0.1) is 11.6 Å². The van der Waals surface area contributed by atoms with Gasteiger partial charge in [0.15, 0.2) is 5.78 Å². The molecule has 0 N–H and O–H groups in total. The summed E-state index contributed by atoms with van der Waals surface area (Å²) in [5, 5.41) is 8.88. The molecule has 0 fully saturated rings. The van der Waals surface area contributed by atoms with E-state index in [1.54, 1.807) is 6.07 Å². The SMILES string of the molecule is CC1CC(=O)c2c(C#N)cccc2C1. The zero-order valence-electron chi connectivity index (χ0n) is 8.08. The molecule has 0 saturated heterocycles. The predicted molar refractivity (Wildman–Crippen MR) is 53.0 cm³/mol. The van der Waals surface area contributed by atoms with E-state index >= 15 is 0 Å². The third-order valence-electron chi connectivity index (χ3n) is 2.65. The van der Waals surface area contributed by atoms with Gasteiger partial charge in [0, 0.05) is 12.0 Å². The van der Waals surface area contributed by atoms with Gasteiger partial charge < -0.3 is 0 Å². The number of carbonyl (C=O) groups is 1. The number of nitriles is 1. The molecule has 0 amide bonds. The molecular weight excluding hydrogens is 174 g/mol. The van der Waals surface area contributed by atoms with E-state index in [4.69, 9.17) is 5.26 Å². The molecule has 0 saturated carbocycles. The van der Waals surface area contributed by atoms with Crippen LogP contribution in [0.1, 0.15) is 34.8 Å². The molecule has 70 valence electrons. The Morgan fingerprint density at radius 2 is 2.21 bits per heavy atom. The number of Topliss-reactive ketones (excluding diaryl/α,β-unsaturated/α-hetero) is 1. The minimum Gasteiger partial charge on any atom is -0.294 e. The quantitative estimate of drug-likeness (QED) is 0.622. The third-order valence-corrected chi connectivity index (χ3v) is 2.65. The topological polar surface area (TPSA) is 40.9 Å². The molecule has 2 heteroatoms. The number of fused-ring (bicyclic) bond motifs is 1. The molecule has 1 aliphatic rings. The van der Waals surface area contributed by atoms with E-state index in [-0.39, 0.29) is 5.78 Å². The lowest BCUT2D eigenvalue weighted by Crippen LogP contribution is -2.19. The van der Waals surface area contributed by atoms with Gasteiger partial charge in [-0.2, -0.15) is 5.26 Å². The number of carbonyl (C=O) groups excluding carboxylic acids is 1. The van der Waals surface area contributed by atoms with Crippen molar-refractivity contribution in [3.63, 3.8) is 0 Å². The smallest absolute Gasteiger partial charge is 0.164 e. The molecule has 0 radical (unpaired) electrons. The van der Waals surface area contributed by atoms with Crippen LogP contribution in [-0.4, -0.2) is 5.78 Å². The molecule has 0 spiro atoms. The van der Waals surface area contributed by atoms with E-state index in [9.17, 15) is 4.79 Å². The summed E-state index contributed by atoms with van der Waals surface area (Å²) in [7, 11) is 0. The number of nitrogens with zero attached hydrogens (tertiary/aromatic N) is 1. The van der Waals surface area contributed by atoms with Crippen molar-refractivity contribution in [1.82, 2.24) is 0 Å². The van der Waals surface area contributed by atoms with Crippen molar-refractivity contribution >= 4 is 5.78 Å². The van der Waals surface area contributed by atoms with Crippen LogP contribution in [0.15, 0.2) is 18.2 Å². The Kier molecular flexibility index (Phi) is 2.09. The van der Waals surface area contributed by atoms with Gasteiger partial charge in [0.25, 0.3) is 0 Å². The van der Waals surface area contributed by atoms with E-state index < -0.39 is 0 Å². The summed E-state index contributed by atoms with van der Waals surface area (Å²) < 4.78 is 0. The number of ketones is 1. The summed E-state index contributed by atoms with van der Waals surface area (Å²) in [6, 6.07) is 7.59. The molecule has 1 aliphatic carbocycles. The van der Waals surface area contributed by atoms with Gasteiger partial charge in [-0.1, -0.05) is 19.1 Å². The fraction of sp³-hybridized carbons (Fsp3) is 0.333. The Morgan fingerprint density at radius 3 is 2.93 bits per heavy atom. The summed E-state index contributed by atoms with van der Waals surface area (Å²) in [6.45, 7) is 2.07. The highest BCUT2D eigenvalue weighted by Crippen LogP contribution is 2.27. The molecule has 0 heterocycles. The zero-order valence-corrected chi connectivity index (χ0v) is 8.08. The van der Waals surface area contributed by atoms with Crippen molar-refractivity contribution < 1.29 is 4.79 Å². The highest BCUT2D eigenvalue weighted by molar-refractivity contribution is 6.00. The lowest BCUT2D eigenvalue weighted by atomic mass is 9.82. The lowest BCUT2D eigenvalue weighted by Gasteiger charge is -2.20. The largest absolute Gasteiger partial charge is 0.294 e. The number of hydrogen-bond acceptors (Lipinski definition) is 2. The summed E-state index contributed by atoms with van der Waals surface area (Å²) in [5.74, 6) is 0.528. The highest BCUT2D eigenvalue weighted by Gasteiger charge is 2.24. The van der Waals surface area contributed by atoms with Gasteiger partial charge in [-0.25, -0.2) is 0 Å². The van der Waals surface area contributed by atoms with Crippen LogP contribution in [0.3, 0.4) is 0 Å². The van der Waals surface area contributed by atoms with E-state index in [1.165, 1.54) is 0 Å². The second kappa shape index (κ2) is 3.26. The Morgan fingerprint density at radius 1 is 1.43 bits per heavy atom. The molecule has 0 bridgehead atoms. The maximum absolute atomic E-state index is 11.7. The first kappa shape index (κ1) is 8.96. The Bertz CT molecular complexity index is 428. The first-order valence-electron chi connectivity index (χ1n) is 4.77. The third kappa shape index (κ3) is 1.31. The monoisotopic (exact) mass is 185 g/mol. The molecule has 1 aromatic rings. The van der Waals surface area contributed by atoms with Crippen LogP contribution in [0.5, 0.6) is 0 Å². The van der Waals surface area contributed by atoms with Crippen LogP contribution in [0.25, 0.3) is 0 Å². The highest BCUT2D eigenvalue weighted by atomic mass is 16.1. The predicted octanol–water partition coefficient (Wildman–Crippen LogP) is 2.32. The molecule has 1 atom stereocenters. The molecular formula is C12H11NO. The first-order valence-corrected chi connectivity index (χ1v) is 4.77. The summed E-state index contributed by atoms with van der Waals surface area (Å²) in [6.07, 6.45) is 1.49. The number of hydrogen-bond donors (Lipinski definition) is 0. The normalized spacial score (nSPS) is 20.0. The van der Waals surface area contributed by atoms with Gasteiger partial charge in [-0.3, -0.25) is 4.79 Å². The minimum atomic E-state index is 0.121. The van der Waals surface area contributed by atoms with Crippen molar-refractivity contribution in [2.75, 3.05) is 0 Å². The molecule has 2 rings (SSSR count). The van der Waals surface area contributed by atoms with Crippen molar-refractivity contribution in [2.24, 2.45) is 5.92 Å². The summed E-state index contributed by atoms with van der Waals surface area (Å²) in [4.78, 5) is 11.7. The van der Waals surface area contributed by atoms with E-state index in [0.717, 1.165) is 12.0 Å². The maximum atomic E-state index is 11.7. The fourth-order valence-electron chi connectivity index (χ4n) is 2.06. The Hall–Kier alpha value is -1.62. The average molecular weight is 185 g/mol. The van der Waals surface area contributed by atoms with Crippen LogP contribution in [0.4, 0.5) is 0 Å². The van der Waals surface area contributed by atoms with Crippen molar-refractivity contribution in [3.05, 3.63) is 34.9 Å². The molecule has 2 nitrogen and oxygen atoms in total. The molecule has 1 aromatic carbocycles. The first-order chi connectivity index (χ1) is 6.72. The van der Waals surface area contributed by atoms with Crippen molar-refractivity contribution in [2.45, 2.75) is 19.8 Å². The van der Waals surface area contributed by atoms with Crippen LogP contribution in [0, 0.1) is 17.2 Å². The molecule has 0 aliphatic heterocycles. The lowest BCUT2D eigenvalue weighted by molar-refractivity contribution is 0.0953. The minimum absolute atomic E-state index is 0.121. The van der Waals surface area contributed by atoms with Gasteiger partial charge in [0.1, 0.15) is 0 Å². The van der Waals surface area contributed by atoms with Crippen LogP contribution >= 0.6 is 0 Å². The van der Waals surface area contributed by atoms with Crippen molar-refractivity contribution in [3.8, 4) is 6.07 Å². The Balaban J connectivity index is 2.60. The number of rotatable bonds is 0. The Labute approximate surface area is 83.2 Å². The van der Waals surface area contributed by atoms with Gasteiger partial charge in [0.2, 0.25) is 0 Å². The zero-order chi connectivity index (χ0) is 10.1. The fourth-order valence-corrected chi connectivity index (χ4v) is 2.06.